The van der Waals surface area contributed by atoms with Crippen molar-refractivity contribution in [3.8, 4) is 11.5 Å². The van der Waals surface area contributed by atoms with Crippen LogP contribution in [0.5, 0.6) is 11.5 Å². The first-order valence-corrected chi connectivity index (χ1v) is 8.73. The first kappa shape index (κ1) is 19.3. The molecule has 0 saturated carbocycles. The molecule has 136 valence electrons. The number of benzene rings is 2. The summed E-state index contributed by atoms with van der Waals surface area (Å²) in [5.74, 6) is 1.82. The fourth-order valence-electron chi connectivity index (χ4n) is 2.54. The van der Waals surface area contributed by atoms with Crippen LogP contribution in [0.3, 0.4) is 0 Å². The Kier molecular flexibility index (Phi) is 6.85. The second-order valence-electron chi connectivity index (χ2n) is 6.74. The zero-order chi connectivity index (χ0) is 18.4. The van der Waals surface area contributed by atoms with E-state index in [-0.39, 0.29) is 12.7 Å². The van der Waals surface area contributed by atoms with Crippen molar-refractivity contribution in [1.29, 1.82) is 0 Å². The smallest absolute Gasteiger partial charge is 0.152 e. The molecule has 0 amide bonds. The summed E-state index contributed by atoms with van der Waals surface area (Å²) < 4.78 is 11.4. The topological polar surface area (TPSA) is 58.9 Å². The Morgan fingerprint density at radius 2 is 1.24 bits per heavy atom. The summed E-state index contributed by atoms with van der Waals surface area (Å²) in [6.07, 6.45) is -1.57. The van der Waals surface area contributed by atoms with Crippen LogP contribution in [0, 0.1) is 0 Å². The molecule has 2 aromatic carbocycles. The summed E-state index contributed by atoms with van der Waals surface area (Å²) in [5.41, 5.74) is 1.89. The van der Waals surface area contributed by atoms with E-state index in [2.05, 4.69) is 13.8 Å². The minimum Gasteiger partial charge on any atom is -0.491 e. The van der Waals surface area contributed by atoms with Crippen LogP contribution < -0.4 is 9.47 Å². The molecule has 0 aliphatic heterocycles. The Morgan fingerprint density at radius 1 is 0.760 bits per heavy atom. The van der Waals surface area contributed by atoms with E-state index >= 15 is 0 Å². The number of hydrogen-bond donors (Lipinski definition) is 2. The van der Waals surface area contributed by atoms with Crippen molar-refractivity contribution < 1.29 is 19.7 Å². The van der Waals surface area contributed by atoms with Crippen molar-refractivity contribution in [3.05, 3.63) is 59.7 Å². The van der Waals surface area contributed by atoms with Gasteiger partial charge in [-0.25, -0.2) is 0 Å². The van der Waals surface area contributed by atoms with Crippen molar-refractivity contribution >= 4 is 0 Å². The molecule has 2 rings (SSSR count). The summed E-state index contributed by atoms with van der Waals surface area (Å²) in [6.45, 7) is 7.90. The van der Waals surface area contributed by atoms with Crippen LogP contribution in [-0.4, -0.2) is 29.0 Å². The molecule has 2 atom stereocenters. The van der Waals surface area contributed by atoms with Crippen LogP contribution in [0.15, 0.2) is 48.5 Å². The molecular formula is C21H28O4. The lowest BCUT2D eigenvalue weighted by Gasteiger charge is -2.23. The van der Waals surface area contributed by atoms with Gasteiger partial charge in [-0.05, 0) is 55.2 Å². The van der Waals surface area contributed by atoms with Crippen LogP contribution in [-0.2, 0) is 0 Å². The monoisotopic (exact) mass is 344 g/mol. The van der Waals surface area contributed by atoms with Gasteiger partial charge < -0.3 is 19.7 Å². The minimum atomic E-state index is -0.928. The Morgan fingerprint density at radius 3 is 1.68 bits per heavy atom. The van der Waals surface area contributed by atoms with Crippen LogP contribution in [0.1, 0.15) is 50.8 Å². The van der Waals surface area contributed by atoms with Gasteiger partial charge in [-0.15, -0.1) is 0 Å². The Balaban J connectivity index is 2.05. The van der Waals surface area contributed by atoms with E-state index in [1.165, 1.54) is 5.56 Å². The van der Waals surface area contributed by atoms with Gasteiger partial charge in [0.1, 0.15) is 17.6 Å². The summed E-state index contributed by atoms with van der Waals surface area (Å²) in [6, 6.07) is 14.9. The molecule has 4 heteroatoms. The molecule has 0 aliphatic carbocycles. The number of rotatable bonds is 8. The normalized spacial score (nSPS) is 13.8. The lowest BCUT2D eigenvalue weighted by molar-refractivity contribution is 0.000738. The first-order chi connectivity index (χ1) is 11.9. The number of ether oxygens (including phenoxy) is 2. The average Bonchev–Trinajstić information content (AvgIpc) is 2.59. The maximum atomic E-state index is 10.5. The van der Waals surface area contributed by atoms with Crippen molar-refractivity contribution in [3.63, 3.8) is 0 Å². The molecule has 0 heterocycles. The minimum absolute atomic E-state index is 0.0955. The van der Waals surface area contributed by atoms with Gasteiger partial charge in [0.05, 0.1) is 12.7 Å². The molecule has 2 aromatic rings. The summed E-state index contributed by atoms with van der Waals surface area (Å²) in [7, 11) is 0. The molecule has 0 saturated heterocycles. The second-order valence-corrected chi connectivity index (χ2v) is 6.74. The quantitative estimate of drug-likeness (QED) is 0.758. The fourth-order valence-corrected chi connectivity index (χ4v) is 2.54. The molecule has 0 bridgehead atoms. The van der Waals surface area contributed by atoms with E-state index in [4.69, 9.17) is 9.47 Å². The van der Waals surface area contributed by atoms with Crippen LogP contribution in [0.2, 0.25) is 0 Å². The molecular weight excluding hydrogens is 316 g/mol. The van der Waals surface area contributed by atoms with Crippen LogP contribution >= 0.6 is 0 Å². The standard InChI is InChI=1S/C21H28O4/c1-14(2)16-5-9-19(10-6-16)25-20(13-22)21(23)17-7-11-18(12-8-17)24-15(3)4/h5-12,14-15,20-23H,13H2,1-4H3. The zero-order valence-corrected chi connectivity index (χ0v) is 15.3. The van der Waals surface area contributed by atoms with Gasteiger partial charge in [0, 0.05) is 0 Å². The maximum Gasteiger partial charge on any atom is 0.152 e. The molecule has 25 heavy (non-hydrogen) atoms. The summed E-state index contributed by atoms with van der Waals surface area (Å²) >= 11 is 0. The molecule has 2 N–H and O–H groups in total. The van der Waals surface area contributed by atoms with Crippen molar-refractivity contribution in [2.45, 2.75) is 51.9 Å². The Hall–Kier alpha value is -2.04. The van der Waals surface area contributed by atoms with E-state index in [0.29, 0.717) is 17.2 Å². The van der Waals surface area contributed by atoms with Crippen molar-refractivity contribution in [1.82, 2.24) is 0 Å². The molecule has 0 aromatic heterocycles. The Bertz CT molecular complexity index is 632. The molecule has 0 fully saturated rings. The third kappa shape index (κ3) is 5.48. The van der Waals surface area contributed by atoms with Gasteiger partial charge in [0.2, 0.25) is 0 Å². The first-order valence-electron chi connectivity index (χ1n) is 8.73. The van der Waals surface area contributed by atoms with E-state index in [9.17, 15) is 10.2 Å². The van der Waals surface area contributed by atoms with Gasteiger partial charge in [-0.2, -0.15) is 0 Å². The van der Waals surface area contributed by atoms with Gasteiger partial charge in [-0.3, -0.25) is 0 Å². The predicted molar refractivity (Wildman–Crippen MR) is 99.2 cm³/mol. The van der Waals surface area contributed by atoms with Gasteiger partial charge >= 0.3 is 0 Å². The van der Waals surface area contributed by atoms with E-state index in [0.717, 1.165) is 5.75 Å². The van der Waals surface area contributed by atoms with Gasteiger partial charge in [0.15, 0.2) is 6.10 Å². The highest BCUT2D eigenvalue weighted by molar-refractivity contribution is 5.31. The van der Waals surface area contributed by atoms with Gasteiger partial charge in [0.25, 0.3) is 0 Å². The lowest BCUT2D eigenvalue weighted by atomic mass is 10.0. The highest BCUT2D eigenvalue weighted by Crippen LogP contribution is 2.25. The Labute approximate surface area is 150 Å². The van der Waals surface area contributed by atoms with Crippen molar-refractivity contribution in [2.24, 2.45) is 0 Å². The third-order valence-corrected chi connectivity index (χ3v) is 3.96. The van der Waals surface area contributed by atoms with E-state index in [1.54, 1.807) is 12.1 Å². The van der Waals surface area contributed by atoms with E-state index < -0.39 is 12.2 Å². The predicted octanol–water partition coefficient (Wildman–Crippen LogP) is 4.07. The number of aliphatic hydroxyl groups is 2. The van der Waals surface area contributed by atoms with E-state index in [1.807, 2.05) is 50.2 Å². The summed E-state index contributed by atoms with van der Waals surface area (Å²) in [4.78, 5) is 0. The summed E-state index contributed by atoms with van der Waals surface area (Å²) in [5, 5.41) is 20.2. The third-order valence-electron chi connectivity index (χ3n) is 3.96. The van der Waals surface area contributed by atoms with Crippen molar-refractivity contribution in [2.75, 3.05) is 6.61 Å². The zero-order valence-electron chi connectivity index (χ0n) is 15.3. The fraction of sp³-hybridized carbons (Fsp3) is 0.429. The van der Waals surface area contributed by atoms with Crippen LogP contribution in [0.25, 0.3) is 0 Å². The average molecular weight is 344 g/mol. The molecule has 0 radical (unpaired) electrons. The molecule has 2 unspecified atom stereocenters. The number of aliphatic hydroxyl groups excluding tert-OH is 2. The second kappa shape index (κ2) is 8.88. The molecule has 0 spiro atoms. The molecule has 0 aliphatic rings. The SMILES string of the molecule is CC(C)Oc1ccc(C(O)C(CO)Oc2ccc(C(C)C)cc2)cc1. The largest absolute Gasteiger partial charge is 0.491 e. The van der Waals surface area contributed by atoms with Gasteiger partial charge in [-0.1, -0.05) is 38.1 Å². The lowest BCUT2D eigenvalue weighted by Crippen LogP contribution is -2.29. The highest BCUT2D eigenvalue weighted by atomic mass is 16.5. The number of hydrogen-bond acceptors (Lipinski definition) is 4. The van der Waals surface area contributed by atoms with Crippen LogP contribution in [0.4, 0.5) is 0 Å². The molecule has 4 nitrogen and oxygen atoms in total. The highest BCUT2D eigenvalue weighted by Gasteiger charge is 2.22. The maximum absolute atomic E-state index is 10.5.